The smallest absolute Gasteiger partial charge is 0.223 e. The average molecular weight is 274 g/mol. The monoisotopic (exact) mass is 274 g/mol. The summed E-state index contributed by atoms with van der Waals surface area (Å²) in [5, 5.41) is 3.33. The van der Waals surface area contributed by atoms with E-state index in [1.807, 2.05) is 30.1 Å². The van der Waals surface area contributed by atoms with Crippen LogP contribution < -0.4 is 5.32 Å². The lowest BCUT2D eigenvalue weighted by atomic mass is 9.80. The summed E-state index contributed by atoms with van der Waals surface area (Å²) in [6, 6.07) is 10.5. The molecule has 110 valence electrons. The molecule has 3 nitrogen and oxygen atoms in total. The van der Waals surface area contributed by atoms with Crippen LogP contribution in [0.5, 0.6) is 0 Å². The van der Waals surface area contributed by atoms with Gasteiger partial charge in [0.2, 0.25) is 5.91 Å². The van der Waals surface area contributed by atoms with E-state index in [1.165, 1.54) is 5.56 Å². The van der Waals surface area contributed by atoms with Crippen molar-refractivity contribution in [2.75, 3.05) is 20.1 Å². The normalized spacial score (nSPS) is 21.3. The second-order valence-electron chi connectivity index (χ2n) is 6.82. The minimum absolute atomic E-state index is 0.201. The lowest BCUT2D eigenvalue weighted by molar-refractivity contribution is -0.128. The number of nitrogens with one attached hydrogen (secondary N) is 1. The summed E-state index contributed by atoms with van der Waals surface area (Å²) in [7, 11) is 1.96. The molecule has 2 rings (SSSR count). The Morgan fingerprint density at radius 3 is 2.45 bits per heavy atom. The number of nitrogens with zero attached hydrogens (tertiary/aromatic N) is 1. The van der Waals surface area contributed by atoms with Crippen molar-refractivity contribution in [2.45, 2.75) is 33.2 Å². The molecule has 1 saturated heterocycles. The van der Waals surface area contributed by atoms with Crippen molar-refractivity contribution in [3.8, 4) is 0 Å². The first kappa shape index (κ1) is 15.0. The first-order valence-electron chi connectivity index (χ1n) is 7.42. The van der Waals surface area contributed by atoms with Crippen molar-refractivity contribution in [3.05, 3.63) is 35.9 Å². The van der Waals surface area contributed by atoms with Crippen LogP contribution in [-0.4, -0.2) is 30.9 Å². The molecule has 2 atom stereocenters. The summed E-state index contributed by atoms with van der Waals surface area (Å²) in [5.74, 6) is 0.754. The van der Waals surface area contributed by atoms with Crippen LogP contribution >= 0.6 is 0 Å². The van der Waals surface area contributed by atoms with Crippen LogP contribution in [0.4, 0.5) is 0 Å². The van der Waals surface area contributed by atoms with E-state index in [4.69, 9.17) is 0 Å². The molecule has 0 radical (unpaired) electrons. The maximum atomic E-state index is 12.2. The van der Waals surface area contributed by atoms with Crippen LogP contribution in [0.25, 0.3) is 0 Å². The van der Waals surface area contributed by atoms with Crippen LogP contribution in [0.3, 0.4) is 0 Å². The maximum Gasteiger partial charge on any atom is 0.223 e. The molecule has 0 bridgehead atoms. The number of rotatable bonds is 4. The second kappa shape index (κ2) is 5.96. The summed E-state index contributed by atoms with van der Waals surface area (Å²) in [5.41, 5.74) is 1.44. The van der Waals surface area contributed by atoms with E-state index in [0.29, 0.717) is 18.2 Å². The molecule has 0 aromatic heterocycles. The predicted molar refractivity (Wildman–Crippen MR) is 82.4 cm³/mol. The Bertz CT molecular complexity index is 450. The molecule has 0 saturated carbocycles. The molecule has 1 aromatic carbocycles. The van der Waals surface area contributed by atoms with Crippen molar-refractivity contribution < 1.29 is 4.79 Å². The molecule has 0 spiro atoms. The lowest BCUT2D eigenvalue weighted by Crippen LogP contribution is -2.35. The van der Waals surface area contributed by atoms with Gasteiger partial charge in [-0.3, -0.25) is 4.79 Å². The molecule has 1 aromatic rings. The third kappa shape index (κ3) is 3.40. The fourth-order valence-electron chi connectivity index (χ4n) is 2.80. The quantitative estimate of drug-likeness (QED) is 0.915. The van der Waals surface area contributed by atoms with E-state index < -0.39 is 0 Å². The van der Waals surface area contributed by atoms with Crippen molar-refractivity contribution in [3.63, 3.8) is 0 Å². The summed E-state index contributed by atoms with van der Waals surface area (Å²) >= 11 is 0. The summed E-state index contributed by atoms with van der Waals surface area (Å²) in [4.78, 5) is 14.2. The Labute approximate surface area is 122 Å². The van der Waals surface area contributed by atoms with Gasteiger partial charge in [-0.25, -0.2) is 0 Å². The topological polar surface area (TPSA) is 32.3 Å². The Morgan fingerprint density at radius 2 is 1.95 bits per heavy atom. The molecular formula is C17H26N2O. The molecule has 1 N–H and O–H groups in total. The van der Waals surface area contributed by atoms with E-state index >= 15 is 0 Å². The molecule has 0 aliphatic carbocycles. The highest BCUT2D eigenvalue weighted by Gasteiger charge is 2.37. The molecular weight excluding hydrogens is 248 g/mol. The van der Waals surface area contributed by atoms with Crippen LogP contribution in [0.1, 0.15) is 38.8 Å². The van der Waals surface area contributed by atoms with Gasteiger partial charge in [0.05, 0.1) is 0 Å². The van der Waals surface area contributed by atoms with Gasteiger partial charge in [-0.1, -0.05) is 51.1 Å². The van der Waals surface area contributed by atoms with Crippen LogP contribution in [0.15, 0.2) is 30.3 Å². The van der Waals surface area contributed by atoms with E-state index in [2.05, 4.69) is 38.2 Å². The van der Waals surface area contributed by atoms with Crippen LogP contribution in [0.2, 0.25) is 0 Å². The number of carbonyl (C=O) groups excluding carboxylic acids is 1. The zero-order valence-corrected chi connectivity index (χ0v) is 13.0. The van der Waals surface area contributed by atoms with Gasteiger partial charge in [0, 0.05) is 25.6 Å². The average Bonchev–Trinajstić information content (AvgIpc) is 2.78. The Balaban J connectivity index is 2.04. The Hall–Kier alpha value is -1.35. The van der Waals surface area contributed by atoms with Gasteiger partial charge >= 0.3 is 0 Å². The molecule has 3 heteroatoms. The fraction of sp³-hybridized carbons (Fsp3) is 0.588. The van der Waals surface area contributed by atoms with Gasteiger partial charge in [-0.2, -0.15) is 0 Å². The van der Waals surface area contributed by atoms with Crippen molar-refractivity contribution in [1.29, 1.82) is 0 Å². The highest BCUT2D eigenvalue weighted by atomic mass is 16.2. The maximum absolute atomic E-state index is 12.2. The third-order valence-corrected chi connectivity index (χ3v) is 4.39. The zero-order chi connectivity index (χ0) is 14.8. The number of amides is 1. The summed E-state index contributed by atoms with van der Waals surface area (Å²) in [6.07, 6.45) is 0.689. The molecule has 1 aliphatic heterocycles. The van der Waals surface area contributed by atoms with Crippen molar-refractivity contribution in [1.82, 2.24) is 10.2 Å². The number of likely N-dealkylation sites (N-methyl/N-ethyl adjacent to an activating group) is 1. The van der Waals surface area contributed by atoms with Gasteiger partial charge in [-0.05, 0) is 23.9 Å². The van der Waals surface area contributed by atoms with Gasteiger partial charge in [0.1, 0.15) is 0 Å². The SMILES string of the molecule is CNC(CN1CC(C(C)(C)C)CC1=O)c1ccccc1. The van der Waals surface area contributed by atoms with Crippen LogP contribution in [-0.2, 0) is 4.79 Å². The number of hydrogen-bond donors (Lipinski definition) is 1. The van der Waals surface area contributed by atoms with E-state index in [-0.39, 0.29) is 11.5 Å². The molecule has 1 amide bonds. The van der Waals surface area contributed by atoms with Crippen LogP contribution in [0, 0.1) is 11.3 Å². The number of carbonyl (C=O) groups is 1. The highest BCUT2D eigenvalue weighted by Crippen LogP contribution is 2.34. The fourth-order valence-corrected chi connectivity index (χ4v) is 2.80. The lowest BCUT2D eigenvalue weighted by Gasteiger charge is -2.28. The summed E-state index contributed by atoms with van der Waals surface area (Å²) in [6.45, 7) is 8.31. The molecule has 1 fully saturated rings. The molecule has 20 heavy (non-hydrogen) atoms. The zero-order valence-electron chi connectivity index (χ0n) is 13.0. The van der Waals surface area contributed by atoms with Crippen molar-refractivity contribution in [2.24, 2.45) is 11.3 Å². The van der Waals surface area contributed by atoms with Gasteiger partial charge in [0.25, 0.3) is 0 Å². The standard InChI is InChI=1S/C17H26N2O/c1-17(2,3)14-10-16(20)19(11-14)12-15(18-4)13-8-6-5-7-9-13/h5-9,14-15,18H,10-12H2,1-4H3. The molecule has 1 heterocycles. The number of likely N-dealkylation sites (tertiary alicyclic amines) is 1. The summed E-state index contributed by atoms with van der Waals surface area (Å²) < 4.78 is 0. The van der Waals surface area contributed by atoms with Gasteiger partial charge < -0.3 is 10.2 Å². The van der Waals surface area contributed by atoms with Gasteiger partial charge in [0.15, 0.2) is 0 Å². The number of hydrogen-bond acceptors (Lipinski definition) is 2. The highest BCUT2D eigenvalue weighted by molar-refractivity contribution is 5.78. The minimum Gasteiger partial charge on any atom is -0.340 e. The molecule has 2 unspecified atom stereocenters. The Kier molecular flexibility index (Phi) is 4.48. The minimum atomic E-state index is 0.201. The first-order chi connectivity index (χ1) is 9.41. The molecule has 1 aliphatic rings. The Morgan fingerprint density at radius 1 is 1.30 bits per heavy atom. The first-order valence-corrected chi connectivity index (χ1v) is 7.42. The van der Waals surface area contributed by atoms with E-state index in [0.717, 1.165) is 13.1 Å². The number of benzene rings is 1. The third-order valence-electron chi connectivity index (χ3n) is 4.39. The van der Waals surface area contributed by atoms with E-state index in [9.17, 15) is 4.79 Å². The largest absolute Gasteiger partial charge is 0.340 e. The predicted octanol–water partition coefficient (Wildman–Crippen LogP) is 2.84. The second-order valence-corrected chi connectivity index (χ2v) is 6.82. The van der Waals surface area contributed by atoms with Gasteiger partial charge in [-0.15, -0.1) is 0 Å². The van der Waals surface area contributed by atoms with E-state index in [1.54, 1.807) is 0 Å². The van der Waals surface area contributed by atoms with Crippen molar-refractivity contribution >= 4 is 5.91 Å².